The molecule has 0 aliphatic carbocycles. The van der Waals surface area contributed by atoms with Crippen molar-refractivity contribution in [1.82, 2.24) is 10.2 Å². The topological polar surface area (TPSA) is 24.5 Å². The highest BCUT2D eigenvalue weighted by Crippen LogP contribution is 2.26. The average Bonchev–Trinajstić information content (AvgIpc) is 2.88. The lowest BCUT2D eigenvalue weighted by molar-refractivity contribution is 0.127. The molecule has 2 heterocycles. The number of halogens is 1. The predicted octanol–water partition coefficient (Wildman–Crippen LogP) is 2.26. The Morgan fingerprint density at radius 1 is 1.26 bits per heavy atom. The molecular weight excluding hydrogens is 260 g/mol. The highest BCUT2D eigenvalue weighted by molar-refractivity contribution is 6.32. The van der Waals surface area contributed by atoms with E-state index in [2.05, 4.69) is 10.2 Å². The maximum Gasteiger partial charge on any atom is 0.137 e. The van der Waals surface area contributed by atoms with E-state index in [9.17, 15) is 0 Å². The summed E-state index contributed by atoms with van der Waals surface area (Å²) in [6, 6.07) is 7.67. The molecule has 0 radical (unpaired) electrons. The maximum absolute atomic E-state index is 6.07. The number of nitrogens with zero attached hydrogens (tertiary/aromatic N) is 1. The zero-order chi connectivity index (χ0) is 13.1. The second-order valence-electron chi connectivity index (χ2n) is 5.55. The van der Waals surface area contributed by atoms with Crippen LogP contribution < -0.4 is 10.1 Å². The van der Waals surface area contributed by atoms with Crippen molar-refractivity contribution < 1.29 is 4.74 Å². The Hall–Kier alpha value is -0.770. The summed E-state index contributed by atoms with van der Waals surface area (Å²) in [5.41, 5.74) is 0. The molecule has 0 bridgehead atoms. The quantitative estimate of drug-likeness (QED) is 0.916. The van der Waals surface area contributed by atoms with Gasteiger partial charge in [-0.25, -0.2) is 0 Å². The molecule has 1 aromatic carbocycles. The van der Waals surface area contributed by atoms with Crippen molar-refractivity contribution in [2.24, 2.45) is 11.8 Å². The van der Waals surface area contributed by atoms with E-state index in [-0.39, 0.29) is 0 Å². The Morgan fingerprint density at radius 3 is 3.00 bits per heavy atom. The number of piperidine rings is 1. The van der Waals surface area contributed by atoms with Crippen LogP contribution in [-0.2, 0) is 0 Å². The van der Waals surface area contributed by atoms with Gasteiger partial charge >= 0.3 is 0 Å². The molecule has 2 atom stereocenters. The van der Waals surface area contributed by atoms with Crippen molar-refractivity contribution in [2.45, 2.75) is 6.42 Å². The largest absolute Gasteiger partial charge is 0.491 e. The van der Waals surface area contributed by atoms with Gasteiger partial charge in [0.25, 0.3) is 0 Å². The maximum atomic E-state index is 6.07. The Bertz CT molecular complexity index is 426. The lowest BCUT2D eigenvalue weighted by Crippen LogP contribution is -2.41. The lowest BCUT2D eigenvalue weighted by Gasteiger charge is -2.34. The lowest BCUT2D eigenvalue weighted by atomic mass is 9.89. The minimum absolute atomic E-state index is 0.696. The first kappa shape index (κ1) is 13.2. The number of hydrogen-bond acceptors (Lipinski definition) is 3. The van der Waals surface area contributed by atoms with Gasteiger partial charge in [0.05, 0.1) is 5.02 Å². The number of fused-ring (bicyclic) bond motifs is 1. The molecule has 0 spiro atoms. The minimum atomic E-state index is 0.696. The van der Waals surface area contributed by atoms with Crippen molar-refractivity contribution in [3.63, 3.8) is 0 Å². The molecule has 1 aromatic rings. The summed E-state index contributed by atoms with van der Waals surface area (Å²) < 4.78 is 5.76. The van der Waals surface area contributed by atoms with Crippen LogP contribution in [0, 0.1) is 11.8 Å². The minimum Gasteiger partial charge on any atom is -0.491 e. The van der Waals surface area contributed by atoms with E-state index in [1.54, 1.807) is 0 Å². The normalized spacial score (nSPS) is 27.2. The molecule has 2 saturated heterocycles. The van der Waals surface area contributed by atoms with E-state index in [1.165, 1.54) is 32.6 Å². The fourth-order valence-corrected chi connectivity index (χ4v) is 3.35. The van der Waals surface area contributed by atoms with Gasteiger partial charge in [-0.3, -0.25) is 4.90 Å². The first-order chi connectivity index (χ1) is 9.33. The van der Waals surface area contributed by atoms with Crippen LogP contribution in [0.15, 0.2) is 24.3 Å². The third kappa shape index (κ3) is 3.22. The van der Waals surface area contributed by atoms with Gasteiger partial charge in [-0.05, 0) is 50.0 Å². The summed E-state index contributed by atoms with van der Waals surface area (Å²) >= 11 is 6.07. The third-order valence-corrected chi connectivity index (χ3v) is 4.60. The van der Waals surface area contributed by atoms with Crippen molar-refractivity contribution in [3.8, 4) is 5.75 Å². The third-order valence-electron chi connectivity index (χ3n) is 4.29. The first-order valence-corrected chi connectivity index (χ1v) is 7.51. The van der Waals surface area contributed by atoms with Crippen LogP contribution in [0.4, 0.5) is 0 Å². The summed E-state index contributed by atoms with van der Waals surface area (Å²) in [7, 11) is 0. The second kappa shape index (κ2) is 6.12. The summed E-state index contributed by atoms with van der Waals surface area (Å²) in [6.45, 7) is 6.53. The number of hydrogen-bond donors (Lipinski definition) is 1. The summed E-state index contributed by atoms with van der Waals surface area (Å²) in [6.07, 6.45) is 1.32. The molecule has 3 rings (SSSR count). The highest BCUT2D eigenvalue weighted by atomic mass is 35.5. The highest BCUT2D eigenvalue weighted by Gasteiger charge is 2.32. The Morgan fingerprint density at radius 2 is 2.11 bits per heavy atom. The smallest absolute Gasteiger partial charge is 0.137 e. The molecule has 104 valence electrons. The molecule has 2 aliphatic heterocycles. The molecule has 19 heavy (non-hydrogen) atoms. The van der Waals surface area contributed by atoms with Crippen LogP contribution in [0.1, 0.15) is 6.42 Å². The molecule has 0 aromatic heterocycles. The van der Waals surface area contributed by atoms with E-state index in [0.29, 0.717) is 11.6 Å². The van der Waals surface area contributed by atoms with Gasteiger partial charge in [-0.1, -0.05) is 23.7 Å². The second-order valence-corrected chi connectivity index (χ2v) is 5.95. The number of rotatable bonds is 4. The van der Waals surface area contributed by atoms with E-state index in [1.807, 2.05) is 24.3 Å². The van der Waals surface area contributed by atoms with Gasteiger partial charge in [-0.2, -0.15) is 0 Å². The number of benzene rings is 1. The molecule has 2 unspecified atom stereocenters. The zero-order valence-electron chi connectivity index (χ0n) is 11.1. The van der Waals surface area contributed by atoms with Gasteiger partial charge in [0.2, 0.25) is 0 Å². The van der Waals surface area contributed by atoms with Gasteiger partial charge in [-0.15, -0.1) is 0 Å². The summed E-state index contributed by atoms with van der Waals surface area (Å²) in [5, 5.41) is 4.19. The van der Waals surface area contributed by atoms with Crippen LogP contribution in [0.25, 0.3) is 0 Å². The van der Waals surface area contributed by atoms with Crippen LogP contribution in [-0.4, -0.2) is 44.2 Å². The number of para-hydroxylation sites is 1. The molecule has 2 fully saturated rings. The van der Waals surface area contributed by atoms with E-state index >= 15 is 0 Å². The van der Waals surface area contributed by atoms with Crippen molar-refractivity contribution in [1.29, 1.82) is 0 Å². The first-order valence-electron chi connectivity index (χ1n) is 7.13. The predicted molar refractivity (Wildman–Crippen MR) is 77.9 cm³/mol. The van der Waals surface area contributed by atoms with Crippen LogP contribution in [0.2, 0.25) is 5.02 Å². The molecule has 4 heteroatoms. The van der Waals surface area contributed by atoms with Gasteiger partial charge < -0.3 is 10.1 Å². The number of nitrogens with one attached hydrogen (secondary N) is 1. The summed E-state index contributed by atoms with van der Waals surface area (Å²) in [4.78, 5) is 2.52. The molecule has 3 nitrogen and oxygen atoms in total. The molecule has 0 saturated carbocycles. The SMILES string of the molecule is Clc1ccccc1OCCN1CCC2CNCC2C1. The van der Waals surface area contributed by atoms with Crippen molar-refractivity contribution in [2.75, 3.05) is 39.3 Å². The van der Waals surface area contributed by atoms with Crippen LogP contribution >= 0.6 is 11.6 Å². The standard InChI is InChI=1S/C15H21ClN2O/c16-14-3-1-2-4-15(14)19-8-7-18-6-5-12-9-17-10-13(12)11-18/h1-4,12-13,17H,5-11H2. The molecular formula is C15H21ClN2O. The average molecular weight is 281 g/mol. The Labute approximate surface area is 119 Å². The van der Waals surface area contributed by atoms with Crippen LogP contribution in [0.3, 0.4) is 0 Å². The van der Waals surface area contributed by atoms with Gasteiger partial charge in [0.1, 0.15) is 12.4 Å². The fourth-order valence-electron chi connectivity index (χ4n) is 3.16. The van der Waals surface area contributed by atoms with Crippen molar-refractivity contribution >= 4 is 11.6 Å². The molecule has 0 amide bonds. The Balaban J connectivity index is 1.44. The van der Waals surface area contributed by atoms with E-state index in [4.69, 9.17) is 16.3 Å². The fraction of sp³-hybridized carbons (Fsp3) is 0.600. The summed E-state index contributed by atoms with van der Waals surface area (Å²) in [5.74, 6) is 2.54. The van der Waals surface area contributed by atoms with Gasteiger partial charge in [0.15, 0.2) is 0 Å². The van der Waals surface area contributed by atoms with Crippen LogP contribution in [0.5, 0.6) is 5.75 Å². The van der Waals surface area contributed by atoms with E-state index in [0.717, 1.165) is 24.1 Å². The zero-order valence-corrected chi connectivity index (χ0v) is 11.9. The van der Waals surface area contributed by atoms with Crippen molar-refractivity contribution in [3.05, 3.63) is 29.3 Å². The monoisotopic (exact) mass is 280 g/mol. The van der Waals surface area contributed by atoms with E-state index < -0.39 is 0 Å². The van der Waals surface area contributed by atoms with Gasteiger partial charge in [0, 0.05) is 13.1 Å². The molecule has 2 aliphatic rings. The molecule has 1 N–H and O–H groups in total. The number of ether oxygens (including phenoxy) is 1. The number of likely N-dealkylation sites (tertiary alicyclic amines) is 1. The Kier molecular flexibility index (Phi) is 4.26.